The summed E-state index contributed by atoms with van der Waals surface area (Å²) in [6.45, 7) is 9.44. The van der Waals surface area contributed by atoms with Crippen molar-refractivity contribution in [1.29, 1.82) is 0 Å². The molecular weight excluding hydrogens is 136 g/mol. The second-order valence-electron chi connectivity index (χ2n) is 2.85. The first-order chi connectivity index (χ1) is 5.04. The standard InChI is InChI=1S/C10H16O/c1-8(2)6-5-7-9(3)10(4)11/h5-7,10-11H,3H2,1-2,4H3/b7-5+. The van der Waals surface area contributed by atoms with Gasteiger partial charge in [0.15, 0.2) is 0 Å². The van der Waals surface area contributed by atoms with E-state index in [0.717, 1.165) is 5.57 Å². The van der Waals surface area contributed by atoms with Gasteiger partial charge in [-0.25, -0.2) is 0 Å². The molecule has 62 valence electrons. The van der Waals surface area contributed by atoms with E-state index in [2.05, 4.69) is 6.58 Å². The summed E-state index contributed by atoms with van der Waals surface area (Å²) < 4.78 is 0. The van der Waals surface area contributed by atoms with E-state index in [4.69, 9.17) is 5.11 Å². The van der Waals surface area contributed by atoms with Crippen molar-refractivity contribution in [2.75, 3.05) is 0 Å². The molecule has 0 aliphatic rings. The van der Waals surface area contributed by atoms with Crippen LogP contribution in [0.15, 0.2) is 36.0 Å². The Hall–Kier alpha value is -0.820. The topological polar surface area (TPSA) is 20.2 Å². The van der Waals surface area contributed by atoms with Crippen LogP contribution in [0.25, 0.3) is 0 Å². The Morgan fingerprint density at radius 3 is 2.36 bits per heavy atom. The van der Waals surface area contributed by atoms with E-state index in [1.165, 1.54) is 5.57 Å². The van der Waals surface area contributed by atoms with Gasteiger partial charge in [0.2, 0.25) is 0 Å². The summed E-state index contributed by atoms with van der Waals surface area (Å²) in [5.41, 5.74) is 1.97. The van der Waals surface area contributed by atoms with Crippen molar-refractivity contribution >= 4 is 0 Å². The smallest absolute Gasteiger partial charge is 0.0756 e. The molecule has 1 heteroatoms. The highest BCUT2D eigenvalue weighted by Gasteiger charge is 1.94. The third kappa shape index (κ3) is 5.62. The zero-order valence-corrected chi connectivity index (χ0v) is 7.46. The van der Waals surface area contributed by atoms with Gasteiger partial charge in [0.25, 0.3) is 0 Å². The van der Waals surface area contributed by atoms with E-state index in [9.17, 15) is 0 Å². The molecule has 0 fully saturated rings. The van der Waals surface area contributed by atoms with Gasteiger partial charge in [-0.3, -0.25) is 0 Å². The fourth-order valence-corrected chi connectivity index (χ4v) is 0.503. The van der Waals surface area contributed by atoms with Crippen LogP contribution in [0.5, 0.6) is 0 Å². The number of hydrogen-bond acceptors (Lipinski definition) is 1. The predicted molar refractivity (Wildman–Crippen MR) is 49.4 cm³/mol. The quantitative estimate of drug-likeness (QED) is 0.616. The molecule has 0 rings (SSSR count). The Kier molecular flexibility index (Phi) is 4.55. The van der Waals surface area contributed by atoms with Crippen molar-refractivity contribution in [3.8, 4) is 0 Å². The van der Waals surface area contributed by atoms with Gasteiger partial charge in [-0.1, -0.05) is 30.4 Å². The lowest BCUT2D eigenvalue weighted by atomic mass is 10.2. The van der Waals surface area contributed by atoms with E-state index in [1.807, 2.05) is 32.1 Å². The van der Waals surface area contributed by atoms with Crippen molar-refractivity contribution < 1.29 is 5.11 Å². The van der Waals surface area contributed by atoms with Gasteiger partial charge in [0.1, 0.15) is 0 Å². The lowest BCUT2D eigenvalue weighted by Crippen LogP contribution is -1.99. The van der Waals surface area contributed by atoms with Crippen LogP contribution >= 0.6 is 0 Å². The first kappa shape index (κ1) is 10.2. The lowest BCUT2D eigenvalue weighted by Gasteiger charge is -2.00. The van der Waals surface area contributed by atoms with Crippen molar-refractivity contribution in [2.24, 2.45) is 0 Å². The summed E-state index contributed by atoms with van der Waals surface area (Å²) in [5.74, 6) is 0. The zero-order valence-electron chi connectivity index (χ0n) is 7.46. The molecule has 0 saturated carbocycles. The molecule has 0 spiro atoms. The molecule has 0 bridgehead atoms. The van der Waals surface area contributed by atoms with Gasteiger partial charge in [-0.15, -0.1) is 0 Å². The van der Waals surface area contributed by atoms with Crippen molar-refractivity contribution in [3.63, 3.8) is 0 Å². The third-order valence-electron chi connectivity index (χ3n) is 1.28. The molecule has 11 heavy (non-hydrogen) atoms. The van der Waals surface area contributed by atoms with Crippen LogP contribution in [0.4, 0.5) is 0 Å². The molecular formula is C10H16O. The molecule has 0 radical (unpaired) electrons. The Bertz CT molecular complexity index is 181. The maximum absolute atomic E-state index is 9.01. The molecule has 1 unspecified atom stereocenters. The fourth-order valence-electron chi connectivity index (χ4n) is 0.503. The van der Waals surface area contributed by atoms with Gasteiger partial charge >= 0.3 is 0 Å². The molecule has 1 N–H and O–H groups in total. The summed E-state index contributed by atoms with van der Waals surface area (Å²) in [5, 5.41) is 9.01. The molecule has 0 aliphatic heterocycles. The van der Waals surface area contributed by atoms with Crippen LogP contribution in [0.2, 0.25) is 0 Å². The molecule has 0 aliphatic carbocycles. The normalized spacial score (nSPS) is 13.1. The average molecular weight is 152 g/mol. The summed E-state index contributed by atoms with van der Waals surface area (Å²) in [6, 6.07) is 0. The first-order valence-corrected chi connectivity index (χ1v) is 3.72. The van der Waals surface area contributed by atoms with E-state index in [-0.39, 0.29) is 0 Å². The van der Waals surface area contributed by atoms with Gasteiger partial charge in [0.05, 0.1) is 6.10 Å². The van der Waals surface area contributed by atoms with Crippen LogP contribution in [0.3, 0.4) is 0 Å². The molecule has 0 amide bonds. The number of aliphatic hydroxyl groups excluding tert-OH is 1. The Balaban J connectivity index is 3.95. The molecule has 0 heterocycles. The average Bonchev–Trinajstić information content (AvgIpc) is 1.86. The number of allylic oxidation sites excluding steroid dienone is 3. The third-order valence-corrected chi connectivity index (χ3v) is 1.28. The van der Waals surface area contributed by atoms with Crippen molar-refractivity contribution in [3.05, 3.63) is 36.0 Å². The summed E-state index contributed by atoms with van der Waals surface area (Å²) >= 11 is 0. The van der Waals surface area contributed by atoms with Crippen LogP contribution < -0.4 is 0 Å². The zero-order chi connectivity index (χ0) is 8.85. The Morgan fingerprint density at radius 2 is 2.00 bits per heavy atom. The molecule has 0 saturated heterocycles. The largest absolute Gasteiger partial charge is 0.389 e. The molecule has 1 nitrogen and oxygen atoms in total. The maximum Gasteiger partial charge on any atom is 0.0756 e. The minimum Gasteiger partial charge on any atom is -0.389 e. The predicted octanol–water partition coefficient (Wildman–Crippen LogP) is 2.45. The second kappa shape index (κ2) is 4.91. The van der Waals surface area contributed by atoms with Crippen LogP contribution in [0, 0.1) is 0 Å². The summed E-state index contributed by atoms with van der Waals surface area (Å²) in [6.07, 6.45) is 5.24. The minimum atomic E-state index is -0.447. The maximum atomic E-state index is 9.01. The Labute approximate surface area is 68.7 Å². The number of aliphatic hydroxyl groups is 1. The molecule has 0 aromatic heterocycles. The summed E-state index contributed by atoms with van der Waals surface area (Å²) in [4.78, 5) is 0. The molecule has 1 atom stereocenters. The lowest BCUT2D eigenvalue weighted by molar-refractivity contribution is 0.236. The van der Waals surface area contributed by atoms with Crippen molar-refractivity contribution in [1.82, 2.24) is 0 Å². The highest BCUT2D eigenvalue weighted by atomic mass is 16.3. The van der Waals surface area contributed by atoms with E-state index >= 15 is 0 Å². The molecule has 0 aromatic rings. The van der Waals surface area contributed by atoms with E-state index < -0.39 is 6.10 Å². The highest BCUT2D eigenvalue weighted by Crippen LogP contribution is 2.00. The monoisotopic (exact) mass is 152 g/mol. The van der Waals surface area contributed by atoms with Gasteiger partial charge in [-0.2, -0.15) is 0 Å². The van der Waals surface area contributed by atoms with Crippen LogP contribution in [-0.2, 0) is 0 Å². The van der Waals surface area contributed by atoms with Gasteiger partial charge < -0.3 is 5.11 Å². The Morgan fingerprint density at radius 1 is 1.45 bits per heavy atom. The van der Waals surface area contributed by atoms with Crippen LogP contribution in [-0.4, -0.2) is 11.2 Å². The highest BCUT2D eigenvalue weighted by molar-refractivity contribution is 5.22. The van der Waals surface area contributed by atoms with Crippen molar-refractivity contribution in [2.45, 2.75) is 26.9 Å². The van der Waals surface area contributed by atoms with E-state index in [1.54, 1.807) is 6.92 Å². The summed E-state index contributed by atoms with van der Waals surface area (Å²) in [7, 11) is 0. The SMILES string of the molecule is C=C(/C=C/C=C(C)C)C(C)O. The van der Waals surface area contributed by atoms with Crippen LogP contribution in [0.1, 0.15) is 20.8 Å². The first-order valence-electron chi connectivity index (χ1n) is 3.72. The van der Waals surface area contributed by atoms with Gasteiger partial charge in [-0.05, 0) is 26.3 Å². The molecule has 0 aromatic carbocycles. The second-order valence-corrected chi connectivity index (χ2v) is 2.85. The minimum absolute atomic E-state index is 0.447. The van der Waals surface area contributed by atoms with Gasteiger partial charge in [0, 0.05) is 0 Å². The number of rotatable bonds is 3. The fraction of sp³-hybridized carbons (Fsp3) is 0.400. The van der Waals surface area contributed by atoms with E-state index in [0.29, 0.717) is 0 Å². The number of hydrogen-bond donors (Lipinski definition) is 1.